The first kappa shape index (κ1) is 74.5. The molecule has 0 aliphatic carbocycles. The first-order valence-corrected chi connectivity index (χ1v) is 46.6. The van der Waals surface area contributed by atoms with E-state index in [2.05, 4.69) is 400 Å². The van der Waals surface area contributed by atoms with Gasteiger partial charge in [0, 0.05) is 140 Å². The predicted octanol–water partition coefficient (Wildman–Crippen LogP) is 32.5. The zero-order valence-corrected chi connectivity index (χ0v) is 73.2. The summed E-state index contributed by atoms with van der Waals surface area (Å²) < 4.78 is 32.7. The van der Waals surface area contributed by atoms with Gasteiger partial charge in [-0.1, -0.05) is 243 Å². The molecule has 0 saturated carbocycles. The number of benzene rings is 20. The Morgan fingerprint density at radius 3 is 1.10 bits per heavy atom. The number of hydrogen-bond donors (Lipinski definition) is 0. The molecule has 0 aliphatic heterocycles. The molecule has 10 heterocycles. The fourth-order valence-electron chi connectivity index (χ4n) is 21.8. The first-order chi connectivity index (χ1) is 67.3. The second-order valence-corrected chi connectivity index (χ2v) is 36.6. The monoisotopic (exact) mass is 1750 g/mol. The Morgan fingerprint density at radius 1 is 0.184 bits per heavy atom. The molecule has 136 heavy (non-hydrogen) atoms. The predicted molar refractivity (Wildman–Crippen MR) is 558 cm³/mol. The van der Waals surface area contributed by atoms with Crippen LogP contribution in [0.15, 0.2) is 426 Å². The molecule has 0 atom stereocenters. The average Bonchev–Trinajstić information content (AvgIpc) is 1.57. The molecule has 14 heteroatoms. The van der Waals surface area contributed by atoms with Crippen molar-refractivity contribution in [1.29, 1.82) is 0 Å². The molecule has 0 amide bonds. The van der Waals surface area contributed by atoms with Gasteiger partial charge in [-0.3, -0.25) is 0 Å². The lowest BCUT2D eigenvalue weighted by atomic mass is 9.97. The third-order valence-electron chi connectivity index (χ3n) is 28.0. The van der Waals surface area contributed by atoms with Gasteiger partial charge < -0.3 is 31.5 Å². The van der Waals surface area contributed by atoms with Crippen LogP contribution in [0.25, 0.3) is 297 Å². The molecule has 630 valence electrons. The Bertz CT molecular complexity index is 10400. The Morgan fingerprint density at radius 2 is 0.537 bits per heavy atom. The Hall–Kier alpha value is -18.2. The zero-order valence-electron chi connectivity index (χ0n) is 72.4. The fraction of sp³-hybridized carbons (Fsp3) is 0. The SMILES string of the molecule is c1ccc(-n2c3ccccc3c3ccc(-c4nc(-c5ccc6oc7ccccc7c6c5)nc(-c5cc(-n6c7cc8ccccc8cc7c7c(-c8ccc9c%10ccc(-c%11nc(-c%12ccc%13sc%14ccccc%14c%13c%12)nc(-c%12cc(-n%13c%14ccccc%14c%14cc%15ccccc%15cc%14%13)c%13oc%14ccccc%14c%13c%12)n%11)cc%10n(-c%10ccccc%10)c9c8)cccc76)c6oc7ccccc7c6c5)n4)cc32)cc1. The van der Waals surface area contributed by atoms with E-state index in [9.17, 15) is 0 Å². The van der Waals surface area contributed by atoms with E-state index in [4.69, 9.17) is 43.2 Å². The molecular weight excluding hydrogens is 1690 g/mol. The van der Waals surface area contributed by atoms with Crippen molar-refractivity contribution < 1.29 is 13.3 Å². The molecule has 0 bridgehead atoms. The van der Waals surface area contributed by atoms with Crippen molar-refractivity contribution >= 4 is 206 Å². The van der Waals surface area contributed by atoms with E-state index < -0.39 is 0 Å². The van der Waals surface area contributed by atoms with Gasteiger partial charge in [0.15, 0.2) is 46.1 Å². The van der Waals surface area contributed by atoms with E-state index in [0.29, 0.717) is 34.9 Å². The molecule has 13 nitrogen and oxygen atoms in total. The number of nitrogens with zero attached hydrogens (tertiary/aromatic N) is 10. The van der Waals surface area contributed by atoms with Crippen molar-refractivity contribution in [3.8, 4) is 102 Å². The highest BCUT2D eigenvalue weighted by Crippen LogP contribution is 2.50. The maximum Gasteiger partial charge on any atom is 0.164 e. The third-order valence-corrected chi connectivity index (χ3v) is 29.1. The molecule has 20 aromatic carbocycles. The van der Waals surface area contributed by atoms with Gasteiger partial charge in [-0.05, 0) is 203 Å². The molecule has 0 fully saturated rings. The molecule has 30 rings (SSSR count). The van der Waals surface area contributed by atoms with Gasteiger partial charge in [0.25, 0.3) is 0 Å². The second-order valence-electron chi connectivity index (χ2n) is 35.5. The summed E-state index contributed by atoms with van der Waals surface area (Å²) in [5, 5.41) is 21.6. The van der Waals surface area contributed by atoms with Crippen LogP contribution in [0.2, 0.25) is 0 Å². The highest BCUT2D eigenvalue weighted by Gasteiger charge is 2.29. The lowest BCUT2D eigenvalue weighted by Crippen LogP contribution is -2.02. The standard InChI is InChI=1S/C122H68N10O3S/c1-3-28-80(29-4-1)129-98-39-17-11-32-83(98)85-52-47-76(65-102(85)129)119-123-117(74-49-54-111-93(58-74)88-34-13-19-42-108(88)133-111)125-122(127-119)79-61-96-90-36-15-21-44-110(90)135-116(96)107(68-79)132-100-41-23-38-82(114(100)97-57-70-25-8-10-27-72(70)63-105(97)132)73-46-51-86-87-53-48-77(66-103(87)130(101(86)64-73)81-30-5-2-6-31-81)120-124-118(75-50-55-113-94(59-75)91-37-16-22-45-112(91)136-113)126-121(128-120)78-60-95-89-35-14-20-43-109(89)134-115(95)106(67-78)131-99-40-18-12-33-84(99)92-56-69-24-7-9-26-71(69)62-104(92)131/h1-68H. The number of aromatic nitrogens is 10. The van der Waals surface area contributed by atoms with Crippen molar-refractivity contribution in [3.05, 3.63) is 413 Å². The lowest BCUT2D eigenvalue weighted by molar-refractivity contribution is 0.666. The van der Waals surface area contributed by atoms with Crippen LogP contribution in [0, 0.1) is 0 Å². The summed E-state index contributed by atoms with van der Waals surface area (Å²) in [6.45, 7) is 0. The largest absolute Gasteiger partial charge is 0.456 e. The van der Waals surface area contributed by atoms with E-state index in [-0.39, 0.29) is 0 Å². The van der Waals surface area contributed by atoms with Crippen molar-refractivity contribution in [2.45, 2.75) is 0 Å². The van der Waals surface area contributed by atoms with Crippen LogP contribution in [-0.4, -0.2) is 48.2 Å². The number of furan rings is 3. The minimum absolute atomic E-state index is 0.496. The van der Waals surface area contributed by atoms with Crippen LogP contribution >= 0.6 is 11.3 Å². The number of rotatable bonds is 11. The molecule has 0 N–H and O–H groups in total. The Balaban J connectivity index is 0.616. The van der Waals surface area contributed by atoms with Crippen LogP contribution < -0.4 is 0 Å². The summed E-state index contributed by atoms with van der Waals surface area (Å²) in [6, 6.07) is 148. The molecule has 30 aromatic rings. The molecule has 0 aliphatic rings. The van der Waals surface area contributed by atoms with Crippen LogP contribution in [0.5, 0.6) is 0 Å². The summed E-state index contributed by atoms with van der Waals surface area (Å²) in [5.41, 5.74) is 23.8. The zero-order chi connectivity index (χ0) is 88.6. The minimum atomic E-state index is 0.496. The van der Waals surface area contributed by atoms with E-state index in [0.717, 1.165) is 242 Å². The lowest BCUT2D eigenvalue weighted by Gasteiger charge is -2.13. The van der Waals surface area contributed by atoms with Gasteiger partial charge in [0.1, 0.15) is 22.3 Å². The molecular formula is C122H68N10O3S. The molecule has 10 aromatic heterocycles. The average molecular weight is 1750 g/mol. The minimum Gasteiger partial charge on any atom is -0.456 e. The van der Waals surface area contributed by atoms with E-state index in [1.54, 1.807) is 11.3 Å². The van der Waals surface area contributed by atoms with Gasteiger partial charge in [-0.2, -0.15) is 0 Å². The summed E-state index contributed by atoms with van der Waals surface area (Å²) in [4.78, 5) is 33.7. The molecule has 0 radical (unpaired) electrons. The topological polar surface area (TPSA) is 136 Å². The summed E-state index contributed by atoms with van der Waals surface area (Å²) in [6.07, 6.45) is 0. The van der Waals surface area contributed by atoms with Gasteiger partial charge in [-0.15, -0.1) is 11.3 Å². The number of para-hydroxylation sites is 7. The van der Waals surface area contributed by atoms with Gasteiger partial charge in [0.2, 0.25) is 0 Å². The van der Waals surface area contributed by atoms with E-state index in [1.165, 1.54) is 20.2 Å². The van der Waals surface area contributed by atoms with Crippen molar-refractivity contribution in [2.24, 2.45) is 0 Å². The highest BCUT2D eigenvalue weighted by atomic mass is 32.1. The molecule has 0 unspecified atom stereocenters. The van der Waals surface area contributed by atoms with Crippen molar-refractivity contribution in [1.82, 2.24) is 48.2 Å². The quantitative estimate of drug-likeness (QED) is 0.124. The third kappa shape index (κ3) is 11.2. The number of hydrogen-bond acceptors (Lipinski definition) is 10. The maximum absolute atomic E-state index is 7.28. The van der Waals surface area contributed by atoms with Gasteiger partial charge >= 0.3 is 0 Å². The smallest absolute Gasteiger partial charge is 0.164 e. The maximum atomic E-state index is 7.28. The summed E-state index contributed by atoms with van der Waals surface area (Å²) in [7, 11) is 0. The van der Waals surface area contributed by atoms with Crippen LogP contribution in [0.4, 0.5) is 0 Å². The van der Waals surface area contributed by atoms with E-state index >= 15 is 0 Å². The van der Waals surface area contributed by atoms with Crippen molar-refractivity contribution in [2.75, 3.05) is 0 Å². The number of fused-ring (bicyclic) bond motifs is 26. The summed E-state index contributed by atoms with van der Waals surface area (Å²) in [5.74, 6) is 3.15. The van der Waals surface area contributed by atoms with E-state index in [1.807, 2.05) is 30.3 Å². The summed E-state index contributed by atoms with van der Waals surface area (Å²) >= 11 is 1.80. The van der Waals surface area contributed by atoms with Crippen LogP contribution in [0.3, 0.4) is 0 Å². The van der Waals surface area contributed by atoms with Crippen LogP contribution in [0.1, 0.15) is 0 Å². The number of thiophene rings is 1. The normalized spacial score (nSPS) is 12.3. The Kier molecular flexibility index (Phi) is 15.7. The fourth-order valence-corrected chi connectivity index (χ4v) is 22.9. The first-order valence-electron chi connectivity index (χ1n) is 45.7. The Labute approximate surface area is 776 Å². The highest BCUT2D eigenvalue weighted by molar-refractivity contribution is 7.25. The molecule has 0 spiro atoms. The van der Waals surface area contributed by atoms with Gasteiger partial charge in [0.05, 0.1) is 55.5 Å². The van der Waals surface area contributed by atoms with Crippen molar-refractivity contribution in [3.63, 3.8) is 0 Å². The van der Waals surface area contributed by atoms with Crippen LogP contribution in [-0.2, 0) is 0 Å². The second kappa shape index (κ2) is 28.6. The molecule has 0 saturated heterocycles. The van der Waals surface area contributed by atoms with Gasteiger partial charge in [-0.25, -0.2) is 29.9 Å².